The summed E-state index contributed by atoms with van der Waals surface area (Å²) < 4.78 is 6.14. The monoisotopic (exact) mass is 309 g/mol. The molecule has 3 aromatic heterocycles. The normalized spacial score (nSPS) is 16.0. The second-order valence-electron chi connectivity index (χ2n) is 5.88. The Bertz CT molecular complexity index is 807. The molecule has 6 heteroatoms. The van der Waals surface area contributed by atoms with Crippen molar-refractivity contribution in [1.82, 2.24) is 19.9 Å². The number of fused-ring (bicyclic) bond motifs is 1. The lowest BCUT2D eigenvalue weighted by atomic mass is 10.1. The summed E-state index contributed by atoms with van der Waals surface area (Å²) in [6.45, 7) is 3.90. The average molecular weight is 309 g/mol. The van der Waals surface area contributed by atoms with Crippen molar-refractivity contribution >= 4 is 16.9 Å². The second-order valence-corrected chi connectivity index (χ2v) is 5.88. The summed E-state index contributed by atoms with van der Waals surface area (Å²) in [6, 6.07) is 3.98. The number of ether oxygens (including phenoxy) is 1. The van der Waals surface area contributed by atoms with Crippen molar-refractivity contribution in [3.05, 3.63) is 42.6 Å². The first-order chi connectivity index (χ1) is 11.3. The number of hydrogen-bond donors (Lipinski definition) is 1. The largest absolute Gasteiger partial charge is 0.490 e. The van der Waals surface area contributed by atoms with Crippen molar-refractivity contribution in [3.63, 3.8) is 0 Å². The maximum atomic E-state index is 6.14. The van der Waals surface area contributed by atoms with Gasteiger partial charge in [0.1, 0.15) is 29.6 Å². The van der Waals surface area contributed by atoms with Gasteiger partial charge in [-0.05, 0) is 19.1 Å². The summed E-state index contributed by atoms with van der Waals surface area (Å²) in [7, 11) is 0. The topological polar surface area (TPSA) is 66.9 Å². The van der Waals surface area contributed by atoms with Gasteiger partial charge in [0, 0.05) is 50.1 Å². The number of aromatic amines is 1. The van der Waals surface area contributed by atoms with Crippen LogP contribution < -0.4 is 9.64 Å². The lowest BCUT2D eigenvalue weighted by molar-refractivity contribution is 0.169. The number of pyridine rings is 1. The van der Waals surface area contributed by atoms with E-state index in [9.17, 15) is 0 Å². The Kier molecular flexibility index (Phi) is 3.57. The fourth-order valence-electron chi connectivity index (χ4n) is 3.07. The zero-order chi connectivity index (χ0) is 15.6. The SMILES string of the molecule is Cc1cnccc1OC1CCN(c2ncnc3[nH]ccc23)CC1. The van der Waals surface area contributed by atoms with E-state index in [1.165, 1.54) is 0 Å². The van der Waals surface area contributed by atoms with Gasteiger partial charge in [0.2, 0.25) is 0 Å². The van der Waals surface area contributed by atoms with E-state index in [2.05, 4.69) is 24.8 Å². The van der Waals surface area contributed by atoms with Crippen LogP contribution >= 0.6 is 0 Å². The molecule has 0 aliphatic carbocycles. The predicted octanol–water partition coefficient (Wildman–Crippen LogP) is 2.71. The van der Waals surface area contributed by atoms with Crippen LogP contribution in [-0.2, 0) is 0 Å². The Labute approximate surface area is 134 Å². The molecule has 0 aromatic carbocycles. The smallest absolute Gasteiger partial charge is 0.142 e. The first kappa shape index (κ1) is 14.0. The van der Waals surface area contributed by atoms with Crippen molar-refractivity contribution < 1.29 is 4.74 Å². The molecule has 1 saturated heterocycles. The maximum Gasteiger partial charge on any atom is 0.142 e. The number of H-pyrrole nitrogens is 1. The summed E-state index contributed by atoms with van der Waals surface area (Å²) in [5.41, 5.74) is 1.97. The van der Waals surface area contributed by atoms with Crippen LogP contribution in [0.3, 0.4) is 0 Å². The number of rotatable bonds is 3. The summed E-state index contributed by atoms with van der Waals surface area (Å²) >= 11 is 0. The van der Waals surface area contributed by atoms with Crippen molar-refractivity contribution in [3.8, 4) is 5.75 Å². The van der Waals surface area contributed by atoms with Crippen LogP contribution in [-0.4, -0.2) is 39.1 Å². The number of nitrogens with zero attached hydrogens (tertiary/aromatic N) is 4. The van der Waals surface area contributed by atoms with E-state index in [1.807, 2.05) is 31.5 Å². The molecule has 0 atom stereocenters. The van der Waals surface area contributed by atoms with Crippen molar-refractivity contribution in [2.45, 2.75) is 25.9 Å². The van der Waals surface area contributed by atoms with Crippen LogP contribution in [0.4, 0.5) is 5.82 Å². The van der Waals surface area contributed by atoms with Crippen LogP contribution in [0.15, 0.2) is 37.1 Å². The van der Waals surface area contributed by atoms with E-state index in [0.29, 0.717) is 0 Å². The predicted molar refractivity (Wildman–Crippen MR) is 88.7 cm³/mol. The Morgan fingerprint density at radius 2 is 2.09 bits per heavy atom. The number of piperidine rings is 1. The molecule has 4 heterocycles. The van der Waals surface area contributed by atoms with Gasteiger partial charge in [-0.1, -0.05) is 0 Å². The number of aromatic nitrogens is 4. The molecule has 1 fully saturated rings. The standard InChI is InChI=1S/C17H19N5O/c1-12-10-18-6-3-15(12)23-13-4-8-22(9-5-13)17-14-2-7-19-16(14)20-11-21-17/h2-3,6-7,10-11,13H,4-5,8-9H2,1H3,(H,19,20,21). The van der Waals surface area contributed by atoms with Crippen LogP contribution in [0.2, 0.25) is 0 Å². The van der Waals surface area contributed by atoms with Gasteiger partial charge in [-0.15, -0.1) is 0 Å². The summed E-state index contributed by atoms with van der Waals surface area (Å²) in [6.07, 6.45) is 9.36. The Balaban J connectivity index is 1.45. The Morgan fingerprint density at radius 3 is 2.91 bits per heavy atom. The average Bonchev–Trinajstić information content (AvgIpc) is 3.06. The molecule has 4 rings (SSSR count). The molecule has 118 valence electrons. The first-order valence-electron chi connectivity index (χ1n) is 7.91. The lowest BCUT2D eigenvalue weighted by Crippen LogP contribution is -2.38. The van der Waals surface area contributed by atoms with Gasteiger partial charge >= 0.3 is 0 Å². The van der Waals surface area contributed by atoms with Crippen LogP contribution in [0, 0.1) is 6.92 Å². The molecule has 0 radical (unpaired) electrons. The molecular weight excluding hydrogens is 290 g/mol. The maximum absolute atomic E-state index is 6.14. The molecule has 0 saturated carbocycles. The highest BCUT2D eigenvalue weighted by atomic mass is 16.5. The third-order valence-electron chi connectivity index (χ3n) is 4.34. The van der Waals surface area contributed by atoms with Gasteiger partial charge in [-0.2, -0.15) is 0 Å². The zero-order valence-electron chi connectivity index (χ0n) is 13.1. The molecule has 0 spiro atoms. The summed E-state index contributed by atoms with van der Waals surface area (Å²) in [5.74, 6) is 1.95. The van der Waals surface area contributed by atoms with Gasteiger partial charge in [0.15, 0.2) is 0 Å². The highest BCUT2D eigenvalue weighted by molar-refractivity contribution is 5.87. The van der Waals surface area contributed by atoms with E-state index in [4.69, 9.17) is 4.74 Å². The fourth-order valence-corrected chi connectivity index (χ4v) is 3.07. The van der Waals surface area contributed by atoms with E-state index < -0.39 is 0 Å². The highest BCUT2D eigenvalue weighted by Gasteiger charge is 2.23. The minimum absolute atomic E-state index is 0.246. The van der Waals surface area contributed by atoms with Gasteiger partial charge in [0.05, 0.1) is 5.39 Å². The van der Waals surface area contributed by atoms with Crippen molar-refractivity contribution in [2.75, 3.05) is 18.0 Å². The molecule has 1 aliphatic heterocycles. The quantitative estimate of drug-likeness (QED) is 0.806. The molecule has 0 bridgehead atoms. The molecule has 3 aromatic rings. The molecular formula is C17H19N5O. The van der Waals surface area contributed by atoms with E-state index in [1.54, 1.807) is 12.5 Å². The lowest BCUT2D eigenvalue weighted by Gasteiger charge is -2.33. The van der Waals surface area contributed by atoms with Gasteiger partial charge in [-0.25, -0.2) is 9.97 Å². The molecule has 0 unspecified atom stereocenters. The summed E-state index contributed by atoms with van der Waals surface area (Å²) in [5, 5.41) is 1.08. The molecule has 0 amide bonds. The van der Waals surface area contributed by atoms with Crippen molar-refractivity contribution in [1.29, 1.82) is 0 Å². The second kappa shape index (κ2) is 5.87. The number of aryl methyl sites for hydroxylation is 1. The molecule has 1 N–H and O–H groups in total. The third-order valence-corrected chi connectivity index (χ3v) is 4.34. The van der Waals surface area contributed by atoms with Crippen LogP contribution in [0.5, 0.6) is 5.75 Å². The molecule has 1 aliphatic rings. The fraction of sp³-hybridized carbons (Fsp3) is 0.353. The Hall–Kier alpha value is -2.63. The molecule has 6 nitrogen and oxygen atoms in total. The molecule has 23 heavy (non-hydrogen) atoms. The number of anilines is 1. The highest BCUT2D eigenvalue weighted by Crippen LogP contribution is 2.27. The van der Waals surface area contributed by atoms with E-state index >= 15 is 0 Å². The van der Waals surface area contributed by atoms with Crippen LogP contribution in [0.25, 0.3) is 11.0 Å². The minimum atomic E-state index is 0.246. The zero-order valence-corrected chi connectivity index (χ0v) is 13.1. The van der Waals surface area contributed by atoms with Crippen molar-refractivity contribution in [2.24, 2.45) is 0 Å². The van der Waals surface area contributed by atoms with E-state index in [-0.39, 0.29) is 6.10 Å². The van der Waals surface area contributed by atoms with Gasteiger partial charge < -0.3 is 14.6 Å². The minimum Gasteiger partial charge on any atom is -0.490 e. The Morgan fingerprint density at radius 1 is 1.22 bits per heavy atom. The number of hydrogen-bond acceptors (Lipinski definition) is 5. The first-order valence-corrected chi connectivity index (χ1v) is 7.91. The van der Waals surface area contributed by atoms with Gasteiger partial charge in [-0.3, -0.25) is 4.98 Å². The van der Waals surface area contributed by atoms with Crippen LogP contribution in [0.1, 0.15) is 18.4 Å². The number of nitrogens with one attached hydrogen (secondary N) is 1. The van der Waals surface area contributed by atoms with Gasteiger partial charge in [0.25, 0.3) is 0 Å². The summed E-state index contributed by atoms with van der Waals surface area (Å²) in [4.78, 5) is 18.3. The third kappa shape index (κ3) is 2.72. The van der Waals surface area contributed by atoms with E-state index in [0.717, 1.165) is 54.1 Å².